The van der Waals surface area contributed by atoms with Crippen molar-refractivity contribution in [2.24, 2.45) is 0 Å². The van der Waals surface area contributed by atoms with Crippen LogP contribution in [0, 0.1) is 3.95 Å². The fourth-order valence-corrected chi connectivity index (χ4v) is 3.26. The van der Waals surface area contributed by atoms with Crippen LogP contribution in [0.5, 0.6) is 0 Å². The van der Waals surface area contributed by atoms with Crippen LogP contribution in [-0.2, 0) is 14.3 Å². The Balaban J connectivity index is 1.96. The Hall–Kier alpha value is -0.740. The van der Waals surface area contributed by atoms with Crippen molar-refractivity contribution < 1.29 is 19.4 Å². The first-order chi connectivity index (χ1) is 10.1. The molecule has 118 valence electrons. The number of hydrogen-bond donors (Lipinski definition) is 2. The Morgan fingerprint density at radius 1 is 1.57 bits per heavy atom. The van der Waals surface area contributed by atoms with Crippen LogP contribution in [0.4, 0.5) is 0 Å². The molecule has 1 rings (SSSR count). The summed E-state index contributed by atoms with van der Waals surface area (Å²) in [7, 11) is 0. The minimum absolute atomic E-state index is 0.273. The van der Waals surface area contributed by atoms with Gasteiger partial charge < -0.3 is 14.6 Å². The number of rotatable bonds is 11. The summed E-state index contributed by atoms with van der Waals surface area (Å²) in [5.41, 5.74) is 0. The number of aliphatic hydroxyl groups is 1. The summed E-state index contributed by atoms with van der Waals surface area (Å²) in [4.78, 5) is 10.8. The van der Waals surface area contributed by atoms with Gasteiger partial charge in [-0.2, -0.15) is 5.10 Å². The minimum atomic E-state index is -0.550. The monoisotopic (exact) mass is 350 g/mol. The first-order valence-corrected chi connectivity index (χ1v) is 8.56. The molecule has 1 atom stereocenters. The summed E-state index contributed by atoms with van der Waals surface area (Å²) >= 11 is 7.74. The molecule has 9 heteroatoms. The Kier molecular flexibility index (Phi) is 9.51. The summed E-state index contributed by atoms with van der Waals surface area (Å²) < 4.78 is 11.6. The molecule has 0 radical (unpaired) electrons. The van der Waals surface area contributed by atoms with Crippen LogP contribution >= 0.6 is 35.3 Å². The molecule has 1 heterocycles. The second-order valence-corrected chi connectivity index (χ2v) is 6.93. The number of aromatic nitrogens is 2. The number of aromatic amines is 1. The van der Waals surface area contributed by atoms with E-state index in [4.69, 9.17) is 21.7 Å². The maximum atomic E-state index is 10.8. The molecule has 0 fully saturated rings. The lowest BCUT2D eigenvalue weighted by molar-refractivity contribution is -0.137. The fraction of sp³-hybridized carbons (Fsp3) is 0.583. The molecule has 0 aliphatic heterocycles. The molecule has 1 aromatic heterocycles. The van der Waals surface area contributed by atoms with Gasteiger partial charge in [-0.15, -0.1) is 0 Å². The molecular formula is C12H18N2O4S3. The molecule has 21 heavy (non-hydrogen) atoms. The van der Waals surface area contributed by atoms with Gasteiger partial charge in [0.2, 0.25) is 0 Å². The first kappa shape index (κ1) is 18.3. The average Bonchev–Trinajstić information content (AvgIpc) is 2.89. The second kappa shape index (κ2) is 10.9. The largest absolute Gasteiger partial charge is 0.463 e. The van der Waals surface area contributed by atoms with Gasteiger partial charge >= 0.3 is 5.97 Å². The lowest BCUT2D eigenvalue weighted by Crippen LogP contribution is -2.18. The number of nitrogens with one attached hydrogen (secondary N) is 1. The van der Waals surface area contributed by atoms with Gasteiger partial charge in [0.15, 0.2) is 8.29 Å². The molecule has 6 nitrogen and oxygen atoms in total. The van der Waals surface area contributed by atoms with E-state index in [1.165, 1.54) is 23.1 Å². The third-order valence-electron chi connectivity index (χ3n) is 2.22. The molecular weight excluding hydrogens is 332 g/mol. The summed E-state index contributed by atoms with van der Waals surface area (Å²) in [6.07, 6.45) is 2.08. The van der Waals surface area contributed by atoms with Crippen molar-refractivity contribution in [3.05, 3.63) is 16.6 Å². The van der Waals surface area contributed by atoms with Gasteiger partial charge in [-0.3, -0.25) is 5.10 Å². The second-order valence-electron chi connectivity index (χ2n) is 4.00. The number of esters is 1. The molecule has 0 aromatic carbocycles. The molecule has 0 amide bonds. The van der Waals surface area contributed by atoms with Crippen molar-refractivity contribution in [2.75, 3.05) is 25.6 Å². The van der Waals surface area contributed by atoms with Gasteiger partial charge in [-0.1, -0.05) is 29.7 Å². The Morgan fingerprint density at radius 2 is 2.33 bits per heavy atom. The first-order valence-electron chi connectivity index (χ1n) is 6.35. The van der Waals surface area contributed by atoms with E-state index in [2.05, 4.69) is 16.8 Å². The highest BCUT2D eigenvalue weighted by Crippen LogP contribution is 2.20. The van der Waals surface area contributed by atoms with Crippen molar-refractivity contribution in [1.82, 2.24) is 10.2 Å². The Labute approximate surface area is 136 Å². The van der Waals surface area contributed by atoms with E-state index in [0.29, 0.717) is 22.9 Å². The van der Waals surface area contributed by atoms with E-state index in [-0.39, 0.29) is 6.61 Å². The number of carbonyl (C=O) groups excluding carboxylic acids is 1. The number of H-pyrrole nitrogens is 1. The standard InChI is InChI=1S/C12H18N2O4S3/c1-2-10(16)18-6-4-3-5-17-7-9(15)8-20-12-14-13-11(19)21-12/h2,9,15H,1,3-8H2,(H,13,19). The third-order valence-corrected chi connectivity index (χ3v) is 4.60. The van der Waals surface area contributed by atoms with Crippen LogP contribution in [0.25, 0.3) is 0 Å². The molecule has 0 saturated heterocycles. The summed E-state index contributed by atoms with van der Waals surface area (Å²) in [5.74, 6) is 0.0950. The van der Waals surface area contributed by atoms with Crippen molar-refractivity contribution in [3.8, 4) is 0 Å². The predicted molar refractivity (Wildman–Crippen MR) is 85.2 cm³/mol. The van der Waals surface area contributed by atoms with E-state index in [0.717, 1.165) is 23.3 Å². The number of ether oxygens (including phenoxy) is 2. The van der Waals surface area contributed by atoms with Gasteiger partial charge in [0.05, 0.1) is 19.3 Å². The quantitative estimate of drug-likeness (QED) is 0.208. The van der Waals surface area contributed by atoms with Gasteiger partial charge in [0, 0.05) is 18.4 Å². The van der Waals surface area contributed by atoms with E-state index in [9.17, 15) is 9.90 Å². The van der Waals surface area contributed by atoms with Crippen LogP contribution in [0.1, 0.15) is 12.8 Å². The van der Waals surface area contributed by atoms with E-state index >= 15 is 0 Å². The molecule has 0 bridgehead atoms. The number of aliphatic hydroxyl groups excluding tert-OH is 1. The van der Waals surface area contributed by atoms with Crippen molar-refractivity contribution in [3.63, 3.8) is 0 Å². The van der Waals surface area contributed by atoms with Crippen molar-refractivity contribution in [1.29, 1.82) is 0 Å². The molecule has 1 unspecified atom stereocenters. The van der Waals surface area contributed by atoms with Crippen molar-refractivity contribution in [2.45, 2.75) is 23.3 Å². The lowest BCUT2D eigenvalue weighted by atomic mass is 10.3. The maximum Gasteiger partial charge on any atom is 0.330 e. The lowest BCUT2D eigenvalue weighted by Gasteiger charge is -2.10. The zero-order valence-corrected chi connectivity index (χ0v) is 13.9. The van der Waals surface area contributed by atoms with Gasteiger partial charge in [-0.05, 0) is 25.1 Å². The molecule has 0 saturated carbocycles. The summed E-state index contributed by atoms with van der Waals surface area (Å²) in [6.45, 7) is 4.46. The molecule has 1 aromatic rings. The van der Waals surface area contributed by atoms with Crippen LogP contribution < -0.4 is 0 Å². The van der Waals surface area contributed by atoms with E-state index in [1.807, 2.05) is 0 Å². The van der Waals surface area contributed by atoms with Crippen LogP contribution in [0.2, 0.25) is 0 Å². The number of carbonyl (C=O) groups is 1. The van der Waals surface area contributed by atoms with Crippen LogP contribution in [0.15, 0.2) is 17.0 Å². The number of hydrogen-bond acceptors (Lipinski definition) is 8. The minimum Gasteiger partial charge on any atom is -0.463 e. The Morgan fingerprint density at radius 3 is 3.00 bits per heavy atom. The normalized spacial score (nSPS) is 12.0. The maximum absolute atomic E-state index is 10.8. The Bertz CT molecular complexity index is 489. The zero-order chi connectivity index (χ0) is 15.5. The van der Waals surface area contributed by atoms with Gasteiger partial charge in [0.25, 0.3) is 0 Å². The zero-order valence-electron chi connectivity index (χ0n) is 11.4. The highest BCUT2D eigenvalue weighted by atomic mass is 32.2. The van der Waals surface area contributed by atoms with Crippen LogP contribution in [-0.4, -0.2) is 53.0 Å². The SMILES string of the molecule is C=CC(=O)OCCCCOCC(O)CSc1n[nH]c(=S)s1. The summed E-state index contributed by atoms with van der Waals surface area (Å²) in [5, 5.41) is 16.4. The highest BCUT2D eigenvalue weighted by molar-refractivity contribution is 8.01. The molecule has 2 N–H and O–H groups in total. The van der Waals surface area contributed by atoms with Crippen molar-refractivity contribution >= 4 is 41.3 Å². The number of nitrogens with zero attached hydrogens (tertiary/aromatic N) is 1. The molecule has 0 aliphatic rings. The van der Waals surface area contributed by atoms with Crippen LogP contribution in [0.3, 0.4) is 0 Å². The summed E-state index contributed by atoms with van der Waals surface area (Å²) in [6, 6.07) is 0. The predicted octanol–water partition coefficient (Wildman–Crippen LogP) is 2.18. The number of thioether (sulfide) groups is 1. The molecule has 0 spiro atoms. The number of unbranched alkanes of at least 4 members (excludes halogenated alkanes) is 1. The van der Waals surface area contributed by atoms with Gasteiger partial charge in [-0.25, -0.2) is 4.79 Å². The third kappa shape index (κ3) is 8.99. The van der Waals surface area contributed by atoms with E-state index < -0.39 is 12.1 Å². The van der Waals surface area contributed by atoms with Gasteiger partial charge in [0.1, 0.15) is 0 Å². The fourth-order valence-electron chi connectivity index (χ4n) is 1.25. The smallest absolute Gasteiger partial charge is 0.330 e. The highest BCUT2D eigenvalue weighted by Gasteiger charge is 2.07. The topological polar surface area (TPSA) is 84.4 Å². The average molecular weight is 350 g/mol. The van der Waals surface area contributed by atoms with E-state index in [1.54, 1.807) is 0 Å². The molecule has 0 aliphatic carbocycles.